The lowest BCUT2D eigenvalue weighted by atomic mass is 10.1. The van der Waals surface area contributed by atoms with E-state index in [1.807, 2.05) is 0 Å². The number of urea groups is 1. The number of nitrogens with one attached hydrogen (secondary N) is 3. The van der Waals surface area contributed by atoms with Gasteiger partial charge in [-0.1, -0.05) is 12.1 Å². The number of benzene rings is 1. The molecule has 0 aliphatic rings. The predicted molar refractivity (Wildman–Crippen MR) is 82.7 cm³/mol. The highest BCUT2D eigenvalue weighted by Gasteiger charge is 2.30. The highest BCUT2D eigenvalue weighted by Crippen LogP contribution is 2.29. The summed E-state index contributed by atoms with van der Waals surface area (Å²) in [5.41, 5.74) is -0.441. The monoisotopic (exact) mass is 355 g/mol. The highest BCUT2D eigenvalue weighted by molar-refractivity contribution is 5.91. The van der Waals surface area contributed by atoms with Gasteiger partial charge in [-0.2, -0.15) is 13.2 Å². The summed E-state index contributed by atoms with van der Waals surface area (Å²) in [7, 11) is 0. The molecule has 0 bridgehead atoms. The van der Waals surface area contributed by atoms with Crippen LogP contribution in [0.3, 0.4) is 0 Å². The summed E-state index contributed by atoms with van der Waals surface area (Å²) in [6, 6.07) is 7.24. The number of carbonyl (C=O) groups excluding carboxylic acids is 2. The van der Waals surface area contributed by atoms with E-state index in [0.29, 0.717) is 5.56 Å². The average molecular weight is 355 g/mol. The molecule has 6 nitrogen and oxygen atoms in total. The summed E-state index contributed by atoms with van der Waals surface area (Å²) in [4.78, 5) is 23.1. The Hall–Kier alpha value is -2.97. The van der Waals surface area contributed by atoms with Crippen LogP contribution in [0.1, 0.15) is 21.7 Å². The van der Waals surface area contributed by atoms with Crippen molar-refractivity contribution in [2.75, 3.05) is 13.1 Å². The number of rotatable bonds is 6. The summed E-state index contributed by atoms with van der Waals surface area (Å²) < 4.78 is 42.7. The van der Waals surface area contributed by atoms with Gasteiger partial charge < -0.3 is 20.4 Å². The third-order valence-electron chi connectivity index (χ3n) is 3.15. The maximum atomic E-state index is 12.6. The van der Waals surface area contributed by atoms with E-state index in [0.717, 1.165) is 12.1 Å². The van der Waals surface area contributed by atoms with Crippen LogP contribution >= 0.6 is 0 Å². The molecule has 2 rings (SSSR count). The van der Waals surface area contributed by atoms with Crippen LogP contribution in [0.4, 0.5) is 18.0 Å². The fourth-order valence-electron chi connectivity index (χ4n) is 1.95. The van der Waals surface area contributed by atoms with Gasteiger partial charge in [-0.05, 0) is 29.8 Å². The van der Waals surface area contributed by atoms with E-state index in [9.17, 15) is 22.8 Å². The lowest BCUT2D eigenvalue weighted by Gasteiger charge is -2.10. The summed E-state index contributed by atoms with van der Waals surface area (Å²) >= 11 is 0. The van der Waals surface area contributed by atoms with Crippen molar-refractivity contribution < 1.29 is 27.2 Å². The number of hydrogen-bond acceptors (Lipinski definition) is 3. The van der Waals surface area contributed by atoms with Crippen LogP contribution in [-0.4, -0.2) is 25.0 Å². The van der Waals surface area contributed by atoms with Gasteiger partial charge >= 0.3 is 12.2 Å². The maximum Gasteiger partial charge on any atom is 0.416 e. The van der Waals surface area contributed by atoms with E-state index in [1.165, 1.54) is 24.5 Å². The SMILES string of the molecule is O=C(NCCNC(=O)c1ccco1)NCc1cccc(C(F)(F)F)c1. The standard InChI is InChI=1S/C16H16F3N3O3/c17-16(18,19)12-4-1-3-11(9-12)10-22-15(24)21-7-6-20-14(23)13-5-2-8-25-13/h1-5,8-9H,6-7,10H2,(H,20,23)(H2,21,22,24). The predicted octanol–water partition coefficient (Wildman–Crippen LogP) is 2.53. The van der Waals surface area contributed by atoms with Crippen molar-refractivity contribution >= 4 is 11.9 Å². The van der Waals surface area contributed by atoms with Gasteiger partial charge in [0.05, 0.1) is 11.8 Å². The first kappa shape index (κ1) is 18.4. The van der Waals surface area contributed by atoms with Crippen molar-refractivity contribution in [3.63, 3.8) is 0 Å². The van der Waals surface area contributed by atoms with Gasteiger partial charge in [-0.3, -0.25) is 4.79 Å². The number of amides is 3. The van der Waals surface area contributed by atoms with Crippen molar-refractivity contribution in [2.24, 2.45) is 0 Å². The molecule has 2 aromatic rings. The average Bonchev–Trinajstić information content (AvgIpc) is 3.11. The summed E-state index contributed by atoms with van der Waals surface area (Å²) in [6.45, 7) is 0.284. The lowest BCUT2D eigenvalue weighted by Crippen LogP contribution is -2.40. The van der Waals surface area contributed by atoms with Crippen molar-refractivity contribution in [3.8, 4) is 0 Å². The number of alkyl halides is 3. The molecule has 0 spiro atoms. The quantitative estimate of drug-likeness (QED) is 0.697. The van der Waals surface area contributed by atoms with Crippen LogP contribution in [0.5, 0.6) is 0 Å². The normalized spacial score (nSPS) is 11.0. The molecule has 3 N–H and O–H groups in total. The van der Waals surface area contributed by atoms with Crippen LogP contribution in [0.2, 0.25) is 0 Å². The largest absolute Gasteiger partial charge is 0.459 e. The number of halogens is 3. The molecule has 0 aliphatic heterocycles. The van der Waals surface area contributed by atoms with Crippen molar-refractivity contribution in [3.05, 3.63) is 59.5 Å². The Labute approximate surface area is 141 Å². The molecule has 9 heteroatoms. The molecule has 134 valence electrons. The minimum Gasteiger partial charge on any atom is -0.459 e. The van der Waals surface area contributed by atoms with E-state index in [2.05, 4.69) is 16.0 Å². The lowest BCUT2D eigenvalue weighted by molar-refractivity contribution is -0.137. The number of hydrogen-bond donors (Lipinski definition) is 3. The minimum atomic E-state index is -4.43. The molecule has 1 aromatic carbocycles. The summed E-state index contributed by atoms with van der Waals surface area (Å²) in [5, 5.41) is 7.46. The van der Waals surface area contributed by atoms with Gasteiger partial charge in [0.1, 0.15) is 0 Å². The van der Waals surface area contributed by atoms with Gasteiger partial charge in [0.2, 0.25) is 0 Å². The topological polar surface area (TPSA) is 83.4 Å². The number of carbonyl (C=O) groups is 2. The third-order valence-corrected chi connectivity index (χ3v) is 3.15. The van der Waals surface area contributed by atoms with E-state index in [1.54, 1.807) is 6.07 Å². The minimum absolute atomic E-state index is 0.0471. The van der Waals surface area contributed by atoms with Crippen molar-refractivity contribution in [1.29, 1.82) is 0 Å². The van der Waals surface area contributed by atoms with Gasteiger partial charge in [0.15, 0.2) is 5.76 Å². The Morgan fingerprint density at radius 3 is 2.44 bits per heavy atom. The Bertz CT molecular complexity index is 715. The zero-order valence-electron chi connectivity index (χ0n) is 13.0. The molecule has 3 amide bonds. The van der Waals surface area contributed by atoms with Crippen LogP contribution in [0.15, 0.2) is 47.1 Å². The molecule has 1 heterocycles. The van der Waals surface area contributed by atoms with Crippen molar-refractivity contribution in [2.45, 2.75) is 12.7 Å². The Kier molecular flexibility index (Phi) is 6.04. The zero-order valence-corrected chi connectivity index (χ0v) is 13.0. The second kappa shape index (κ2) is 8.22. The van der Waals surface area contributed by atoms with E-state index >= 15 is 0 Å². The van der Waals surface area contributed by atoms with Crippen LogP contribution in [0.25, 0.3) is 0 Å². The maximum absolute atomic E-state index is 12.6. The first-order valence-corrected chi connectivity index (χ1v) is 7.36. The highest BCUT2D eigenvalue weighted by atomic mass is 19.4. The Balaban J connectivity index is 1.68. The fourth-order valence-corrected chi connectivity index (χ4v) is 1.95. The molecule has 0 saturated heterocycles. The fraction of sp³-hybridized carbons (Fsp3) is 0.250. The van der Waals surface area contributed by atoms with Gasteiger partial charge in [-0.25, -0.2) is 4.79 Å². The van der Waals surface area contributed by atoms with Crippen molar-refractivity contribution in [1.82, 2.24) is 16.0 Å². The van der Waals surface area contributed by atoms with E-state index in [-0.39, 0.29) is 25.4 Å². The van der Waals surface area contributed by atoms with E-state index in [4.69, 9.17) is 4.42 Å². The second-order valence-electron chi connectivity index (χ2n) is 5.04. The zero-order chi connectivity index (χ0) is 18.3. The molecular weight excluding hydrogens is 339 g/mol. The van der Waals surface area contributed by atoms with Gasteiger partial charge in [-0.15, -0.1) is 0 Å². The second-order valence-corrected chi connectivity index (χ2v) is 5.04. The first-order valence-electron chi connectivity index (χ1n) is 7.36. The van der Waals surface area contributed by atoms with Crippen LogP contribution in [-0.2, 0) is 12.7 Å². The van der Waals surface area contributed by atoms with E-state index < -0.39 is 23.7 Å². The molecule has 0 aliphatic carbocycles. The van der Waals surface area contributed by atoms with Gasteiger partial charge in [0.25, 0.3) is 5.91 Å². The third kappa shape index (κ3) is 5.87. The number of furan rings is 1. The summed E-state index contributed by atoms with van der Waals surface area (Å²) in [5.74, 6) is -0.245. The molecule has 0 radical (unpaired) electrons. The van der Waals surface area contributed by atoms with Crippen LogP contribution < -0.4 is 16.0 Å². The van der Waals surface area contributed by atoms with Gasteiger partial charge in [0, 0.05) is 19.6 Å². The molecule has 0 saturated carbocycles. The molecule has 0 fully saturated rings. The molecule has 25 heavy (non-hydrogen) atoms. The van der Waals surface area contributed by atoms with Crippen LogP contribution in [0, 0.1) is 0 Å². The molecule has 0 unspecified atom stereocenters. The Morgan fingerprint density at radius 2 is 1.76 bits per heavy atom. The summed E-state index contributed by atoms with van der Waals surface area (Å²) in [6.07, 6.45) is -3.06. The Morgan fingerprint density at radius 1 is 1.00 bits per heavy atom. The first-order chi connectivity index (χ1) is 11.9. The molecule has 0 atom stereocenters. The molecule has 1 aromatic heterocycles. The smallest absolute Gasteiger partial charge is 0.416 e. The molecular formula is C16H16F3N3O3.